The maximum Gasteiger partial charge on any atom is 0.226 e. The number of thiophene rings is 1. The summed E-state index contributed by atoms with van der Waals surface area (Å²) in [5, 5.41) is 10.3. The maximum absolute atomic E-state index is 11.9. The molecule has 0 saturated carbocycles. The van der Waals surface area contributed by atoms with Crippen LogP contribution in [0.3, 0.4) is 0 Å². The Labute approximate surface area is 135 Å². The molecule has 0 fully saturated rings. The first-order chi connectivity index (χ1) is 10.5. The van der Waals surface area contributed by atoms with Crippen LogP contribution < -0.4 is 5.32 Å². The van der Waals surface area contributed by atoms with Crippen LogP contribution in [-0.2, 0) is 9.59 Å². The van der Waals surface area contributed by atoms with Crippen LogP contribution in [0.15, 0.2) is 17.6 Å². The summed E-state index contributed by atoms with van der Waals surface area (Å²) in [6.07, 6.45) is 0.574. The summed E-state index contributed by atoms with van der Waals surface area (Å²) in [6.45, 7) is 1.93. The van der Waals surface area contributed by atoms with Crippen LogP contribution in [0.5, 0.6) is 0 Å². The van der Waals surface area contributed by atoms with Crippen molar-refractivity contribution in [2.75, 3.05) is 5.32 Å². The fourth-order valence-electron chi connectivity index (χ4n) is 1.75. The fourth-order valence-corrected chi connectivity index (χ4v) is 3.04. The van der Waals surface area contributed by atoms with E-state index in [0.29, 0.717) is 10.0 Å². The zero-order chi connectivity index (χ0) is 15.9. The minimum Gasteiger partial charge on any atom is -0.301 e. The second-order valence-corrected chi connectivity index (χ2v) is 6.79. The van der Waals surface area contributed by atoms with Crippen molar-refractivity contribution in [2.45, 2.75) is 32.6 Å². The van der Waals surface area contributed by atoms with Gasteiger partial charge in [0.2, 0.25) is 11.0 Å². The second kappa shape index (κ2) is 7.90. The van der Waals surface area contributed by atoms with Crippen molar-refractivity contribution in [1.29, 1.82) is 0 Å². The van der Waals surface area contributed by atoms with Gasteiger partial charge in [-0.1, -0.05) is 11.3 Å². The van der Waals surface area contributed by atoms with Crippen LogP contribution in [-0.4, -0.2) is 27.7 Å². The first-order valence-corrected chi connectivity index (χ1v) is 8.41. The topological polar surface area (TPSA) is 89.0 Å². The summed E-state index contributed by atoms with van der Waals surface area (Å²) in [5.41, 5.74) is 1.51. The molecule has 0 spiro atoms. The summed E-state index contributed by atoms with van der Waals surface area (Å²) >= 11 is 2.65. The average molecular weight is 337 g/mol. The molecular formula is C14H15N3O3S2. The van der Waals surface area contributed by atoms with Gasteiger partial charge in [0.1, 0.15) is 11.3 Å². The number of ketones is 2. The lowest BCUT2D eigenvalue weighted by atomic mass is 10.1. The van der Waals surface area contributed by atoms with Crippen molar-refractivity contribution >= 4 is 45.3 Å². The van der Waals surface area contributed by atoms with Gasteiger partial charge >= 0.3 is 0 Å². The van der Waals surface area contributed by atoms with Crippen LogP contribution >= 0.6 is 22.7 Å². The Morgan fingerprint density at radius 2 is 1.91 bits per heavy atom. The zero-order valence-corrected chi connectivity index (χ0v) is 13.6. The van der Waals surface area contributed by atoms with E-state index in [0.717, 1.165) is 4.88 Å². The van der Waals surface area contributed by atoms with Gasteiger partial charge in [0.25, 0.3) is 0 Å². The molecule has 2 aromatic heterocycles. The normalized spacial score (nSPS) is 10.4. The first-order valence-electron chi connectivity index (χ1n) is 6.72. The molecule has 22 heavy (non-hydrogen) atoms. The zero-order valence-electron chi connectivity index (χ0n) is 12.0. The molecule has 0 bridgehead atoms. The van der Waals surface area contributed by atoms with E-state index in [1.807, 2.05) is 13.0 Å². The van der Waals surface area contributed by atoms with E-state index in [1.165, 1.54) is 28.2 Å². The summed E-state index contributed by atoms with van der Waals surface area (Å²) < 4.78 is 0. The molecule has 0 aliphatic heterocycles. The van der Waals surface area contributed by atoms with Crippen LogP contribution in [0.2, 0.25) is 0 Å². The molecule has 116 valence electrons. The van der Waals surface area contributed by atoms with Gasteiger partial charge in [-0.3, -0.25) is 14.4 Å². The van der Waals surface area contributed by atoms with Crippen molar-refractivity contribution < 1.29 is 14.4 Å². The minimum absolute atomic E-state index is 0.0234. The number of amides is 1. The Bertz CT molecular complexity index is 665. The lowest BCUT2D eigenvalue weighted by Crippen LogP contribution is -2.13. The van der Waals surface area contributed by atoms with Crippen LogP contribution in [0.25, 0.3) is 0 Å². The molecule has 1 N–H and O–H groups in total. The highest BCUT2D eigenvalue weighted by atomic mass is 32.1. The molecule has 8 heteroatoms. The van der Waals surface area contributed by atoms with Crippen molar-refractivity contribution in [3.05, 3.63) is 27.4 Å². The molecule has 2 rings (SSSR count). The molecule has 0 atom stereocenters. The Morgan fingerprint density at radius 3 is 2.55 bits per heavy atom. The molecule has 2 heterocycles. The largest absolute Gasteiger partial charge is 0.301 e. The van der Waals surface area contributed by atoms with E-state index in [9.17, 15) is 14.4 Å². The average Bonchev–Trinajstić information content (AvgIpc) is 3.14. The number of Topliss-reactive ketones (excluding diaryl/α,β-unsaturated/α-hetero) is 2. The summed E-state index contributed by atoms with van der Waals surface area (Å²) in [6, 6.07) is 3.67. The van der Waals surface area contributed by atoms with Gasteiger partial charge in [0.15, 0.2) is 5.78 Å². The molecule has 0 aliphatic carbocycles. The predicted octanol–water partition coefficient (Wildman–Crippen LogP) is 2.86. The van der Waals surface area contributed by atoms with Gasteiger partial charge in [-0.05, 0) is 19.1 Å². The Balaban J connectivity index is 1.67. The van der Waals surface area contributed by atoms with Crippen molar-refractivity contribution in [3.63, 3.8) is 0 Å². The van der Waals surface area contributed by atoms with Gasteiger partial charge in [-0.2, -0.15) is 0 Å². The number of nitrogens with zero attached hydrogens (tertiary/aromatic N) is 2. The van der Waals surface area contributed by atoms with E-state index >= 15 is 0 Å². The SMILES string of the molecule is Cc1ccc(C(=O)CCC(=O)CCC(=O)Nc2nncs2)s1. The van der Waals surface area contributed by atoms with Gasteiger partial charge in [0, 0.05) is 30.6 Å². The van der Waals surface area contributed by atoms with E-state index in [1.54, 1.807) is 6.07 Å². The lowest BCUT2D eigenvalue weighted by Gasteiger charge is -2.01. The summed E-state index contributed by atoms with van der Waals surface area (Å²) in [4.78, 5) is 37.0. The molecule has 0 saturated heterocycles. The summed E-state index contributed by atoms with van der Waals surface area (Å²) in [7, 11) is 0. The number of carbonyl (C=O) groups excluding carboxylic acids is 3. The highest BCUT2D eigenvalue weighted by Gasteiger charge is 2.13. The number of rotatable bonds is 8. The number of anilines is 1. The van der Waals surface area contributed by atoms with E-state index in [-0.39, 0.29) is 43.2 Å². The number of hydrogen-bond donors (Lipinski definition) is 1. The first kappa shape index (κ1) is 16.4. The van der Waals surface area contributed by atoms with Crippen molar-refractivity contribution in [1.82, 2.24) is 10.2 Å². The Morgan fingerprint density at radius 1 is 1.14 bits per heavy atom. The highest BCUT2D eigenvalue weighted by molar-refractivity contribution is 7.14. The third-order valence-corrected chi connectivity index (χ3v) is 4.53. The number of carbonyl (C=O) groups is 3. The molecule has 0 radical (unpaired) electrons. The summed E-state index contributed by atoms with van der Waals surface area (Å²) in [5.74, 6) is -0.385. The maximum atomic E-state index is 11.9. The van der Waals surface area contributed by atoms with Crippen LogP contribution in [0, 0.1) is 6.92 Å². The van der Waals surface area contributed by atoms with Crippen LogP contribution in [0.1, 0.15) is 40.2 Å². The predicted molar refractivity (Wildman–Crippen MR) is 85.4 cm³/mol. The quantitative estimate of drug-likeness (QED) is 0.748. The van der Waals surface area contributed by atoms with Gasteiger partial charge in [-0.15, -0.1) is 21.5 Å². The van der Waals surface area contributed by atoms with E-state index in [2.05, 4.69) is 15.5 Å². The minimum atomic E-state index is -0.273. The Hall–Kier alpha value is -1.93. The molecule has 6 nitrogen and oxygen atoms in total. The number of hydrogen-bond acceptors (Lipinski definition) is 7. The van der Waals surface area contributed by atoms with Gasteiger partial charge in [0.05, 0.1) is 4.88 Å². The third kappa shape index (κ3) is 5.12. The third-order valence-electron chi connectivity index (χ3n) is 2.88. The number of aromatic nitrogens is 2. The molecule has 0 unspecified atom stereocenters. The smallest absolute Gasteiger partial charge is 0.226 e. The molecule has 0 aromatic carbocycles. The lowest BCUT2D eigenvalue weighted by molar-refractivity contribution is -0.122. The molecule has 1 amide bonds. The Kier molecular flexibility index (Phi) is 5.91. The van der Waals surface area contributed by atoms with Crippen LogP contribution in [0.4, 0.5) is 5.13 Å². The highest BCUT2D eigenvalue weighted by Crippen LogP contribution is 2.18. The standard InChI is InChI=1S/C14H15N3O3S2/c1-9-2-6-12(22-9)11(19)5-3-10(18)4-7-13(20)16-14-17-15-8-21-14/h2,6,8H,3-5,7H2,1H3,(H,16,17,20). The second-order valence-electron chi connectivity index (χ2n) is 4.66. The molecule has 0 aliphatic rings. The van der Waals surface area contributed by atoms with E-state index in [4.69, 9.17) is 0 Å². The van der Waals surface area contributed by atoms with Gasteiger partial charge in [-0.25, -0.2) is 0 Å². The number of aryl methyl sites for hydroxylation is 1. The van der Waals surface area contributed by atoms with E-state index < -0.39 is 0 Å². The van der Waals surface area contributed by atoms with Crippen molar-refractivity contribution in [2.24, 2.45) is 0 Å². The molecular weight excluding hydrogens is 322 g/mol. The van der Waals surface area contributed by atoms with Gasteiger partial charge < -0.3 is 5.32 Å². The molecule has 2 aromatic rings. The monoisotopic (exact) mass is 337 g/mol. The fraction of sp³-hybridized carbons (Fsp3) is 0.357. The number of nitrogens with one attached hydrogen (secondary N) is 1. The van der Waals surface area contributed by atoms with Crippen molar-refractivity contribution in [3.8, 4) is 0 Å².